The van der Waals surface area contributed by atoms with Gasteiger partial charge in [-0.1, -0.05) is 34.8 Å². The average Bonchev–Trinajstić information content (AvgIpc) is 2.80. The minimum Gasteiger partial charge on any atom is -0.331 e. The Balaban J connectivity index is 2.00. The molecule has 2 N–H and O–H groups in total. The predicted octanol–water partition coefficient (Wildman–Crippen LogP) is 5.59. The molecular formula is C13H11Cl3N2OS. The van der Waals surface area contributed by atoms with E-state index in [1.807, 2.05) is 13.0 Å². The molecule has 1 aromatic carbocycles. The Labute approximate surface area is 135 Å². The first kappa shape index (κ1) is 15.4. The van der Waals surface area contributed by atoms with Crippen LogP contribution in [0.25, 0.3) is 0 Å². The van der Waals surface area contributed by atoms with Crippen LogP contribution in [0.5, 0.6) is 0 Å². The van der Waals surface area contributed by atoms with Gasteiger partial charge in [0.1, 0.15) is 0 Å². The lowest BCUT2D eigenvalue weighted by molar-refractivity contribution is 0.249. The molecule has 2 rings (SSSR count). The van der Waals surface area contributed by atoms with E-state index in [0.29, 0.717) is 20.1 Å². The lowest BCUT2D eigenvalue weighted by atomic mass is 10.3. The standard InChI is InChI=1S/C13H11Cl3N2OS/c1-7(11-4-5-12(16)20-11)17-13(19)18-10-6-8(14)2-3-9(10)15/h2-7H,1H3,(H2,17,18,19)/t7-/m1/s1. The Hall–Kier alpha value is -0.940. The Morgan fingerprint density at radius 1 is 1.20 bits per heavy atom. The SMILES string of the molecule is C[C@@H](NC(=O)Nc1cc(Cl)ccc1Cl)c1ccc(Cl)s1. The summed E-state index contributed by atoms with van der Waals surface area (Å²) >= 11 is 19.1. The first-order valence-electron chi connectivity index (χ1n) is 5.73. The van der Waals surface area contributed by atoms with Gasteiger partial charge < -0.3 is 10.6 Å². The van der Waals surface area contributed by atoms with Crippen LogP contribution in [0.4, 0.5) is 10.5 Å². The zero-order chi connectivity index (χ0) is 14.7. The van der Waals surface area contributed by atoms with Crippen molar-refractivity contribution in [2.24, 2.45) is 0 Å². The number of amides is 2. The van der Waals surface area contributed by atoms with Crippen molar-refractivity contribution >= 4 is 57.9 Å². The van der Waals surface area contributed by atoms with E-state index in [9.17, 15) is 4.79 Å². The number of anilines is 1. The number of urea groups is 1. The van der Waals surface area contributed by atoms with Crippen molar-refractivity contribution in [3.63, 3.8) is 0 Å². The molecule has 0 aliphatic carbocycles. The van der Waals surface area contributed by atoms with Gasteiger partial charge in [0, 0.05) is 9.90 Å². The number of thiophene rings is 1. The highest BCUT2D eigenvalue weighted by Crippen LogP contribution is 2.27. The van der Waals surface area contributed by atoms with Crippen molar-refractivity contribution in [1.29, 1.82) is 0 Å². The molecule has 0 aliphatic heterocycles. The number of rotatable bonds is 3. The number of carbonyl (C=O) groups is 1. The van der Waals surface area contributed by atoms with Gasteiger partial charge in [-0.05, 0) is 37.3 Å². The summed E-state index contributed by atoms with van der Waals surface area (Å²) in [5.41, 5.74) is 0.466. The summed E-state index contributed by atoms with van der Waals surface area (Å²) in [5, 5.41) is 6.40. The molecule has 0 saturated carbocycles. The van der Waals surface area contributed by atoms with Gasteiger partial charge in [-0.2, -0.15) is 0 Å². The molecular weight excluding hydrogens is 339 g/mol. The Morgan fingerprint density at radius 3 is 2.60 bits per heavy atom. The quantitative estimate of drug-likeness (QED) is 0.745. The van der Waals surface area contributed by atoms with E-state index in [1.54, 1.807) is 24.3 Å². The van der Waals surface area contributed by atoms with Crippen molar-refractivity contribution < 1.29 is 4.79 Å². The van der Waals surface area contributed by atoms with Crippen molar-refractivity contribution in [1.82, 2.24) is 5.32 Å². The molecule has 0 fully saturated rings. The summed E-state index contributed by atoms with van der Waals surface area (Å²) in [6.45, 7) is 1.88. The van der Waals surface area contributed by atoms with Gasteiger partial charge in [0.2, 0.25) is 0 Å². The van der Waals surface area contributed by atoms with Crippen LogP contribution in [0.1, 0.15) is 17.8 Å². The third kappa shape index (κ3) is 4.03. The van der Waals surface area contributed by atoms with Gasteiger partial charge in [0.05, 0.1) is 21.1 Å². The number of hydrogen-bond donors (Lipinski definition) is 2. The Bertz CT molecular complexity index is 630. The second kappa shape index (κ2) is 6.68. The van der Waals surface area contributed by atoms with Crippen LogP contribution in [0.3, 0.4) is 0 Å². The maximum Gasteiger partial charge on any atom is 0.319 e. The Kier molecular flexibility index (Phi) is 5.16. The lowest BCUT2D eigenvalue weighted by Crippen LogP contribution is -2.30. The van der Waals surface area contributed by atoms with Crippen LogP contribution < -0.4 is 10.6 Å². The number of nitrogens with one attached hydrogen (secondary N) is 2. The number of hydrogen-bond acceptors (Lipinski definition) is 2. The van der Waals surface area contributed by atoms with Crippen LogP contribution in [0, 0.1) is 0 Å². The molecule has 0 bridgehead atoms. The smallest absolute Gasteiger partial charge is 0.319 e. The summed E-state index contributed by atoms with van der Waals surface area (Å²) in [6, 6.07) is 8.05. The highest BCUT2D eigenvalue weighted by atomic mass is 35.5. The summed E-state index contributed by atoms with van der Waals surface area (Å²) in [7, 11) is 0. The molecule has 0 unspecified atom stereocenters. The second-order valence-electron chi connectivity index (χ2n) is 4.09. The zero-order valence-corrected chi connectivity index (χ0v) is 13.5. The molecule has 3 nitrogen and oxygen atoms in total. The molecule has 0 aliphatic rings. The van der Waals surface area contributed by atoms with Crippen LogP contribution in [-0.2, 0) is 0 Å². The van der Waals surface area contributed by atoms with Crippen LogP contribution >= 0.6 is 46.1 Å². The van der Waals surface area contributed by atoms with E-state index in [-0.39, 0.29) is 12.1 Å². The number of halogens is 3. The fraction of sp³-hybridized carbons (Fsp3) is 0.154. The third-order valence-electron chi connectivity index (χ3n) is 2.54. The molecule has 0 spiro atoms. The summed E-state index contributed by atoms with van der Waals surface area (Å²) < 4.78 is 0.687. The van der Waals surface area contributed by atoms with Gasteiger partial charge in [0.15, 0.2) is 0 Å². The predicted molar refractivity (Wildman–Crippen MR) is 86.4 cm³/mol. The van der Waals surface area contributed by atoms with E-state index in [2.05, 4.69) is 10.6 Å². The topological polar surface area (TPSA) is 41.1 Å². The Morgan fingerprint density at radius 2 is 1.95 bits per heavy atom. The summed E-state index contributed by atoms with van der Waals surface area (Å²) in [5.74, 6) is 0. The summed E-state index contributed by atoms with van der Waals surface area (Å²) in [4.78, 5) is 12.9. The zero-order valence-electron chi connectivity index (χ0n) is 10.4. The van der Waals surface area contributed by atoms with Gasteiger partial charge in [0.25, 0.3) is 0 Å². The molecule has 2 aromatic rings. The van der Waals surface area contributed by atoms with Gasteiger partial charge in [-0.25, -0.2) is 4.79 Å². The molecule has 7 heteroatoms. The first-order valence-corrected chi connectivity index (χ1v) is 7.68. The molecule has 0 radical (unpaired) electrons. The van der Waals surface area contributed by atoms with Crippen LogP contribution in [0.15, 0.2) is 30.3 Å². The second-order valence-corrected chi connectivity index (χ2v) is 6.68. The third-order valence-corrected chi connectivity index (χ3v) is 4.52. The number of benzene rings is 1. The maximum atomic E-state index is 11.9. The maximum absolute atomic E-state index is 11.9. The number of carbonyl (C=O) groups excluding carboxylic acids is 1. The van der Waals surface area contributed by atoms with E-state index in [1.165, 1.54) is 11.3 Å². The van der Waals surface area contributed by atoms with E-state index in [4.69, 9.17) is 34.8 Å². The lowest BCUT2D eigenvalue weighted by Gasteiger charge is -2.14. The van der Waals surface area contributed by atoms with E-state index >= 15 is 0 Å². The summed E-state index contributed by atoms with van der Waals surface area (Å²) in [6.07, 6.45) is 0. The normalized spacial score (nSPS) is 12.0. The van der Waals surface area contributed by atoms with Crippen molar-refractivity contribution in [3.05, 3.63) is 49.6 Å². The van der Waals surface area contributed by atoms with Crippen LogP contribution in [-0.4, -0.2) is 6.03 Å². The minimum atomic E-state index is -0.355. The molecule has 1 aromatic heterocycles. The molecule has 0 saturated heterocycles. The monoisotopic (exact) mass is 348 g/mol. The fourth-order valence-corrected chi connectivity index (χ4v) is 2.98. The highest BCUT2D eigenvalue weighted by molar-refractivity contribution is 7.16. The van der Waals surface area contributed by atoms with Gasteiger partial charge in [-0.3, -0.25) is 0 Å². The molecule has 20 heavy (non-hydrogen) atoms. The van der Waals surface area contributed by atoms with Gasteiger partial charge in [-0.15, -0.1) is 11.3 Å². The molecule has 2 amide bonds. The van der Waals surface area contributed by atoms with E-state index < -0.39 is 0 Å². The average molecular weight is 350 g/mol. The fourth-order valence-electron chi connectivity index (χ4n) is 1.58. The first-order chi connectivity index (χ1) is 9.45. The van der Waals surface area contributed by atoms with Gasteiger partial charge >= 0.3 is 6.03 Å². The molecule has 1 atom stereocenters. The van der Waals surface area contributed by atoms with Crippen molar-refractivity contribution in [3.8, 4) is 0 Å². The minimum absolute atomic E-state index is 0.148. The van der Waals surface area contributed by atoms with Crippen molar-refractivity contribution in [2.75, 3.05) is 5.32 Å². The largest absolute Gasteiger partial charge is 0.331 e. The molecule has 106 valence electrons. The highest BCUT2D eigenvalue weighted by Gasteiger charge is 2.12. The molecule has 1 heterocycles. The van der Waals surface area contributed by atoms with E-state index in [0.717, 1.165) is 4.88 Å². The van der Waals surface area contributed by atoms with Crippen molar-refractivity contribution in [2.45, 2.75) is 13.0 Å². The van der Waals surface area contributed by atoms with Crippen LogP contribution in [0.2, 0.25) is 14.4 Å².